The number of ether oxygens (including phenoxy) is 4. The van der Waals surface area contributed by atoms with Crippen LogP contribution < -0.4 is 0 Å². The lowest BCUT2D eigenvalue weighted by Crippen LogP contribution is -2.30. The monoisotopic (exact) mass is 1380 g/mol. The van der Waals surface area contributed by atoms with Gasteiger partial charge in [-0.1, -0.05) is 331 Å². The van der Waals surface area contributed by atoms with Gasteiger partial charge < -0.3 is 33.8 Å². The Morgan fingerprint density at radius 3 is 0.723 bits per heavy atom. The summed E-state index contributed by atoms with van der Waals surface area (Å²) in [5.74, 6) is 0.00280. The van der Waals surface area contributed by atoms with E-state index in [1.807, 2.05) is 0 Å². The van der Waals surface area contributed by atoms with Gasteiger partial charge in [0.05, 0.1) is 26.4 Å². The summed E-state index contributed by atoms with van der Waals surface area (Å²) in [5.41, 5.74) is 0. The van der Waals surface area contributed by atoms with Crippen molar-refractivity contribution in [3.05, 3.63) is 0 Å². The number of carbonyl (C=O) groups is 4. The largest absolute Gasteiger partial charge is 0.472 e. The fourth-order valence-electron chi connectivity index (χ4n) is 11.4. The van der Waals surface area contributed by atoms with Crippen molar-refractivity contribution >= 4 is 39.5 Å². The van der Waals surface area contributed by atoms with Crippen molar-refractivity contribution in [1.82, 2.24) is 0 Å². The van der Waals surface area contributed by atoms with Crippen LogP contribution in [0.2, 0.25) is 0 Å². The van der Waals surface area contributed by atoms with Crippen LogP contribution in [0.25, 0.3) is 0 Å². The normalized spacial score (nSPS) is 14.1. The number of esters is 4. The molecule has 0 heterocycles. The molecule has 558 valence electrons. The minimum Gasteiger partial charge on any atom is -0.462 e. The number of phosphoric ester groups is 2. The summed E-state index contributed by atoms with van der Waals surface area (Å²) in [6.45, 7) is 11.7. The van der Waals surface area contributed by atoms with Gasteiger partial charge in [0.25, 0.3) is 0 Å². The minimum absolute atomic E-state index is 0.101. The van der Waals surface area contributed by atoms with Crippen LogP contribution in [0.3, 0.4) is 0 Å². The molecule has 94 heavy (non-hydrogen) atoms. The van der Waals surface area contributed by atoms with Gasteiger partial charge in [0, 0.05) is 25.7 Å². The first-order valence-corrected chi connectivity index (χ1v) is 41.8. The molecule has 0 rings (SSSR count). The topological polar surface area (TPSA) is 237 Å². The van der Waals surface area contributed by atoms with E-state index in [-0.39, 0.29) is 25.7 Å². The zero-order valence-corrected chi connectivity index (χ0v) is 63.2. The molecule has 0 saturated carbocycles. The molecule has 0 aromatic carbocycles. The second-order valence-electron chi connectivity index (χ2n) is 28.5. The molecule has 0 amide bonds. The van der Waals surface area contributed by atoms with Crippen molar-refractivity contribution in [2.75, 3.05) is 39.6 Å². The van der Waals surface area contributed by atoms with E-state index in [4.69, 9.17) is 37.0 Å². The van der Waals surface area contributed by atoms with E-state index in [0.29, 0.717) is 37.5 Å². The van der Waals surface area contributed by atoms with Crippen LogP contribution >= 0.6 is 15.6 Å². The molecule has 2 unspecified atom stereocenters. The lowest BCUT2D eigenvalue weighted by Gasteiger charge is -2.21. The Morgan fingerprint density at radius 2 is 0.489 bits per heavy atom. The Labute approximate surface area is 575 Å². The number of hydrogen-bond acceptors (Lipinski definition) is 15. The van der Waals surface area contributed by atoms with Crippen molar-refractivity contribution in [2.45, 2.75) is 401 Å². The molecule has 0 fully saturated rings. The third-order valence-electron chi connectivity index (χ3n) is 17.4. The standard InChI is InChI=1S/C75H146O17P2/c1-8-9-10-11-12-13-14-15-16-17-18-19-20-21-22-23-28-31-34-44-51-58-74(79)91-70(62-85-72(77)56-49-42-33-30-27-25-24-26-29-32-39-46-53-66(2)3)64-89-93(81,82)87-60-69(76)61-88-94(83,84)90-65-71(92-75(80)59-52-45-38-36-41-48-55-68(6)7)63-86-73(78)57-50-43-37-35-40-47-54-67(4)5/h66-71,76H,8-65H2,1-7H3,(H,81,82)(H,83,84)/t69-,70-,71-/m1/s1. The first-order valence-electron chi connectivity index (χ1n) is 38.8. The van der Waals surface area contributed by atoms with E-state index in [1.165, 1.54) is 186 Å². The zero-order valence-electron chi connectivity index (χ0n) is 61.4. The Morgan fingerprint density at radius 1 is 0.287 bits per heavy atom. The van der Waals surface area contributed by atoms with Gasteiger partial charge in [-0.2, -0.15) is 0 Å². The van der Waals surface area contributed by atoms with Crippen molar-refractivity contribution in [2.24, 2.45) is 17.8 Å². The van der Waals surface area contributed by atoms with E-state index in [0.717, 1.165) is 102 Å². The minimum atomic E-state index is -4.96. The first kappa shape index (κ1) is 92.1. The van der Waals surface area contributed by atoms with E-state index >= 15 is 0 Å². The highest BCUT2D eigenvalue weighted by Crippen LogP contribution is 2.45. The van der Waals surface area contributed by atoms with Crippen molar-refractivity contribution in [3.8, 4) is 0 Å². The molecular formula is C75H146O17P2. The molecule has 0 radical (unpaired) electrons. The highest BCUT2D eigenvalue weighted by atomic mass is 31.2. The maximum atomic E-state index is 13.1. The van der Waals surface area contributed by atoms with E-state index < -0.39 is 97.5 Å². The van der Waals surface area contributed by atoms with Crippen LogP contribution in [-0.4, -0.2) is 96.7 Å². The Bertz CT molecular complexity index is 1840. The molecule has 0 bridgehead atoms. The quantitative estimate of drug-likeness (QED) is 0.0222. The fraction of sp³-hybridized carbons (Fsp3) is 0.947. The molecule has 0 spiro atoms. The van der Waals surface area contributed by atoms with Crippen molar-refractivity contribution in [1.29, 1.82) is 0 Å². The van der Waals surface area contributed by atoms with Gasteiger partial charge in [0.15, 0.2) is 12.2 Å². The predicted molar refractivity (Wildman–Crippen MR) is 381 cm³/mol. The molecule has 17 nitrogen and oxygen atoms in total. The van der Waals surface area contributed by atoms with Crippen LogP contribution in [0.5, 0.6) is 0 Å². The van der Waals surface area contributed by atoms with E-state index in [2.05, 4.69) is 48.5 Å². The Hall–Kier alpha value is -1.94. The molecule has 0 aliphatic heterocycles. The number of phosphoric acid groups is 2. The Balaban J connectivity index is 5.17. The van der Waals surface area contributed by atoms with Crippen LogP contribution in [-0.2, 0) is 65.4 Å². The van der Waals surface area contributed by atoms with Gasteiger partial charge in [-0.25, -0.2) is 9.13 Å². The van der Waals surface area contributed by atoms with Gasteiger partial charge in [0.1, 0.15) is 19.3 Å². The first-order chi connectivity index (χ1) is 45.2. The third-order valence-corrected chi connectivity index (χ3v) is 19.3. The Kier molecular flexibility index (Phi) is 64.3. The lowest BCUT2D eigenvalue weighted by atomic mass is 10.0. The fourth-order valence-corrected chi connectivity index (χ4v) is 13.0. The van der Waals surface area contributed by atoms with E-state index in [1.54, 1.807) is 0 Å². The molecule has 3 N–H and O–H groups in total. The number of carbonyl (C=O) groups excluding carboxylic acids is 4. The molecule has 0 aliphatic rings. The number of rotatable bonds is 73. The van der Waals surface area contributed by atoms with Crippen molar-refractivity contribution in [3.63, 3.8) is 0 Å². The van der Waals surface area contributed by atoms with Crippen LogP contribution in [0.15, 0.2) is 0 Å². The van der Waals surface area contributed by atoms with Gasteiger partial charge in [-0.3, -0.25) is 37.3 Å². The molecule has 0 aliphatic carbocycles. The summed E-state index contributed by atoms with van der Waals surface area (Å²) < 4.78 is 68.4. The molecule has 0 aromatic heterocycles. The zero-order chi connectivity index (χ0) is 69.4. The summed E-state index contributed by atoms with van der Waals surface area (Å²) in [6, 6.07) is 0. The van der Waals surface area contributed by atoms with Crippen LogP contribution in [0, 0.1) is 17.8 Å². The van der Waals surface area contributed by atoms with E-state index in [9.17, 15) is 43.2 Å². The molecule has 19 heteroatoms. The van der Waals surface area contributed by atoms with Gasteiger partial charge in [0.2, 0.25) is 0 Å². The smallest absolute Gasteiger partial charge is 0.462 e. The molecular weight excluding hydrogens is 1230 g/mol. The highest BCUT2D eigenvalue weighted by molar-refractivity contribution is 7.47. The second kappa shape index (κ2) is 65.7. The predicted octanol–water partition coefficient (Wildman–Crippen LogP) is 21.8. The van der Waals surface area contributed by atoms with Gasteiger partial charge in [-0.15, -0.1) is 0 Å². The number of unbranched alkanes of at least 4 members (excludes halogenated alkanes) is 41. The van der Waals surface area contributed by atoms with Gasteiger partial charge >= 0.3 is 39.5 Å². The van der Waals surface area contributed by atoms with Gasteiger partial charge in [-0.05, 0) is 43.4 Å². The SMILES string of the molecule is CCCCCCCCCCCCCCCCCCCCCCCC(=O)O[C@H](COC(=O)CCCCCCCCCCCCCCC(C)C)COP(=O)(O)OC[C@@H](O)COP(=O)(O)OC[C@@H](COC(=O)CCCCCCCCC(C)C)OC(=O)CCCCCCCCC(C)C. The number of aliphatic hydroxyl groups excluding tert-OH is 1. The highest BCUT2D eigenvalue weighted by Gasteiger charge is 2.30. The maximum absolute atomic E-state index is 13.1. The summed E-state index contributed by atoms with van der Waals surface area (Å²) in [6.07, 6.45) is 51.9. The summed E-state index contributed by atoms with van der Waals surface area (Å²) in [5, 5.41) is 10.6. The molecule has 0 aromatic rings. The van der Waals surface area contributed by atoms with Crippen LogP contribution in [0.4, 0.5) is 0 Å². The van der Waals surface area contributed by atoms with Crippen LogP contribution in [0.1, 0.15) is 382 Å². The summed E-state index contributed by atoms with van der Waals surface area (Å²) >= 11 is 0. The third kappa shape index (κ3) is 68.6. The van der Waals surface area contributed by atoms with Crippen molar-refractivity contribution < 1.29 is 80.2 Å². The maximum Gasteiger partial charge on any atom is 0.472 e. The number of aliphatic hydroxyl groups is 1. The molecule has 0 saturated heterocycles. The second-order valence-corrected chi connectivity index (χ2v) is 31.4. The molecule has 5 atom stereocenters. The summed E-state index contributed by atoms with van der Waals surface area (Å²) in [4.78, 5) is 72.6. The number of hydrogen-bond donors (Lipinski definition) is 3. The average molecular weight is 1380 g/mol. The lowest BCUT2D eigenvalue weighted by molar-refractivity contribution is -0.161. The average Bonchev–Trinajstić information content (AvgIpc) is 2.18. The summed E-state index contributed by atoms with van der Waals surface area (Å²) in [7, 11) is -9.91.